The van der Waals surface area contributed by atoms with Crippen LogP contribution in [0.15, 0.2) is 18.2 Å². The normalized spacial score (nSPS) is 27.9. The molecular weight excluding hydrogens is 470 g/mol. The number of rotatable bonds is 4. The summed E-state index contributed by atoms with van der Waals surface area (Å²) in [4.78, 5) is 28.4. The monoisotopic (exact) mass is 494 g/mol. The number of aliphatic hydroxyl groups excluding tert-OH is 1. The van der Waals surface area contributed by atoms with Crippen LogP contribution in [0.3, 0.4) is 0 Å². The number of nitrogens with zero attached hydrogens (tertiary/aromatic N) is 2. The van der Waals surface area contributed by atoms with Gasteiger partial charge < -0.3 is 19.6 Å². The molecule has 34 heavy (non-hydrogen) atoms. The molecule has 0 bridgehead atoms. The van der Waals surface area contributed by atoms with Crippen LogP contribution in [0.25, 0.3) is 0 Å². The largest absolute Gasteiger partial charge is 0.416 e. The van der Waals surface area contributed by atoms with Crippen LogP contribution in [0.1, 0.15) is 42.4 Å². The van der Waals surface area contributed by atoms with Gasteiger partial charge in [0.25, 0.3) is 0 Å². The van der Waals surface area contributed by atoms with Crippen molar-refractivity contribution in [1.29, 1.82) is 0 Å². The molecule has 3 aliphatic rings. The second-order valence-corrected chi connectivity index (χ2v) is 9.15. The number of carbonyl (C=O) groups is 2. The minimum Gasteiger partial charge on any atom is -0.391 e. The Hall–Kier alpha value is -2.34. The van der Waals surface area contributed by atoms with Crippen LogP contribution in [-0.4, -0.2) is 64.6 Å². The number of ether oxygens (including phenoxy) is 1. The topological polar surface area (TPSA) is 70.1 Å². The first-order chi connectivity index (χ1) is 15.8. The molecule has 4 atom stereocenters. The Balaban J connectivity index is 1.40. The first-order valence-electron chi connectivity index (χ1n) is 11.0. The van der Waals surface area contributed by atoms with Gasteiger partial charge in [-0.05, 0) is 43.0 Å². The number of aliphatic hydroxyl groups is 1. The quantitative estimate of drug-likeness (QED) is 0.653. The molecule has 188 valence electrons. The molecule has 0 radical (unpaired) electrons. The zero-order valence-corrected chi connectivity index (χ0v) is 18.0. The van der Waals surface area contributed by atoms with Crippen LogP contribution in [0.2, 0.25) is 0 Å². The van der Waals surface area contributed by atoms with Crippen molar-refractivity contribution in [3.8, 4) is 0 Å². The number of fused-ring (bicyclic) bond motifs is 1. The van der Waals surface area contributed by atoms with Gasteiger partial charge in [-0.1, -0.05) is 0 Å². The van der Waals surface area contributed by atoms with Crippen LogP contribution < -0.4 is 0 Å². The molecule has 0 aliphatic carbocycles. The van der Waals surface area contributed by atoms with Crippen LogP contribution in [0.4, 0.5) is 26.3 Å². The van der Waals surface area contributed by atoms with E-state index in [1.165, 1.54) is 0 Å². The van der Waals surface area contributed by atoms with Crippen molar-refractivity contribution in [3.05, 3.63) is 34.9 Å². The molecule has 3 saturated heterocycles. The summed E-state index contributed by atoms with van der Waals surface area (Å²) in [5, 5.41) is 9.65. The molecule has 3 aliphatic heterocycles. The lowest BCUT2D eigenvalue weighted by Crippen LogP contribution is -2.47. The number of carbonyl (C=O) groups excluding carboxylic acids is 2. The van der Waals surface area contributed by atoms with E-state index in [0.717, 1.165) is 0 Å². The molecule has 3 heterocycles. The Morgan fingerprint density at radius 1 is 1.03 bits per heavy atom. The number of β-amino-alcohol motifs (C(OH)–C–C–N with tert-alkyl or cyclic N) is 1. The van der Waals surface area contributed by atoms with Gasteiger partial charge in [-0.15, -0.1) is 0 Å². The summed E-state index contributed by atoms with van der Waals surface area (Å²) in [6.07, 6.45) is -9.77. The molecule has 4 rings (SSSR count). The second kappa shape index (κ2) is 9.03. The Morgan fingerprint density at radius 3 is 2.24 bits per heavy atom. The number of benzene rings is 1. The van der Waals surface area contributed by atoms with Gasteiger partial charge in [0, 0.05) is 38.0 Å². The van der Waals surface area contributed by atoms with Crippen LogP contribution >= 0.6 is 0 Å². The Labute approximate surface area is 191 Å². The van der Waals surface area contributed by atoms with Crippen molar-refractivity contribution >= 4 is 11.8 Å². The Bertz CT molecular complexity index is 918. The first kappa shape index (κ1) is 24.8. The van der Waals surface area contributed by atoms with Crippen molar-refractivity contribution in [2.75, 3.05) is 19.6 Å². The lowest BCUT2D eigenvalue weighted by atomic mass is 9.89. The van der Waals surface area contributed by atoms with E-state index in [9.17, 15) is 41.0 Å². The van der Waals surface area contributed by atoms with Gasteiger partial charge in [0.15, 0.2) is 0 Å². The highest BCUT2D eigenvalue weighted by molar-refractivity contribution is 5.87. The minimum absolute atomic E-state index is 0.0250. The number of alkyl halides is 6. The van der Waals surface area contributed by atoms with Gasteiger partial charge >= 0.3 is 12.4 Å². The average molecular weight is 494 g/mol. The van der Waals surface area contributed by atoms with Crippen molar-refractivity contribution < 1.29 is 45.8 Å². The summed E-state index contributed by atoms with van der Waals surface area (Å²) in [5.41, 5.74) is -3.08. The van der Waals surface area contributed by atoms with Gasteiger partial charge in [0.1, 0.15) is 0 Å². The number of likely N-dealkylation sites (tertiary alicyclic amines) is 1. The fourth-order valence-electron chi connectivity index (χ4n) is 4.97. The van der Waals surface area contributed by atoms with Gasteiger partial charge in [-0.25, -0.2) is 0 Å². The molecule has 1 aromatic rings. The van der Waals surface area contributed by atoms with Gasteiger partial charge in [-0.2, -0.15) is 26.3 Å². The van der Waals surface area contributed by atoms with E-state index in [2.05, 4.69) is 0 Å². The Kier molecular flexibility index (Phi) is 6.58. The maximum atomic E-state index is 13.1. The lowest BCUT2D eigenvalue weighted by molar-refractivity contribution is -0.146. The highest BCUT2D eigenvalue weighted by Gasteiger charge is 2.45. The van der Waals surface area contributed by atoms with Crippen molar-refractivity contribution in [3.63, 3.8) is 0 Å². The third kappa shape index (κ3) is 5.32. The zero-order valence-electron chi connectivity index (χ0n) is 18.0. The standard InChI is InChI=1S/C22H24F6N2O4/c23-21(24,25)14-3-12(4-15(7-14)22(26,27)28)11-34-18-8-16-5-13(6-19(32)30(16)10-18)20(33)29-2-1-17(31)9-29/h3-4,7,13,16-18,31H,1-2,5-6,8-11H2. The average Bonchev–Trinajstić information content (AvgIpc) is 3.36. The molecule has 2 amide bonds. The second-order valence-electron chi connectivity index (χ2n) is 9.15. The summed E-state index contributed by atoms with van der Waals surface area (Å²) in [7, 11) is 0. The molecule has 3 fully saturated rings. The highest BCUT2D eigenvalue weighted by atomic mass is 19.4. The fourth-order valence-corrected chi connectivity index (χ4v) is 4.97. The van der Waals surface area contributed by atoms with E-state index in [1.54, 1.807) is 9.80 Å². The summed E-state index contributed by atoms with van der Waals surface area (Å²) in [6, 6.07) is 1.03. The van der Waals surface area contributed by atoms with Crippen LogP contribution in [0, 0.1) is 5.92 Å². The summed E-state index contributed by atoms with van der Waals surface area (Å²) >= 11 is 0. The van der Waals surface area contributed by atoms with Crippen molar-refractivity contribution in [2.24, 2.45) is 5.92 Å². The molecule has 0 aromatic heterocycles. The first-order valence-corrected chi connectivity index (χ1v) is 11.0. The SMILES string of the molecule is O=C(C1CC(=O)N2CC(OCc3cc(C(F)(F)F)cc(C(F)(F)F)c3)CC2C1)N1CCC(O)C1. The van der Waals surface area contributed by atoms with Crippen molar-refractivity contribution in [1.82, 2.24) is 9.80 Å². The zero-order chi connectivity index (χ0) is 24.8. The predicted octanol–water partition coefficient (Wildman–Crippen LogP) is 3.21. The molecule has 0 spiro atoms. The number of piperidine rings is 1. The molecule has 1 aromatic carbocycles. The predicted molar refractivity (Wildman–Crippen MR) is 105 cm³/mol. The number of amides is 2. The molecule has 1 N–H and O–H groups in total. The van der Waals surface area contributed by atoms with E-state index >= 15 is 0 Å². The number of halogens is 6. The minimum atomic E-state index is -4.94. The molecule has 0 saturated carbocycles. The third-order valence-corrected chi connectivity index (χ3v) is 6.63. The van der Waals surface area contributed by atoms with E-state index in [4.69, 9.17) is 4.74 Å². The third-order valence-electron chi connectivity index (χ3n) is 6.63. The Morgan fingerprint density at radius 2 is 1.68 bits per heavy atom. The summed E-state index contributed by atoms with van der Waals surface area (Å²) in [5.74, 6) is -0.938. The number of hydrogen-bond acceptors (Lipinski definition) is 4. The highest BCUT2D eigenvalue weighted by Crippen LogP contribution is 2.37. The lowest BCUT2D eigenvalue weighted by Gasteiger charge is -2.35. The van der Waals surface area contributed by atoms with Crippen molar-refractivity contribution in [2.45, 2.75) is 62.9 Å². The maximum absolute atomic E-state index is 13.1. The molecule has 12 heteroatoms. The fraction of sp³-hybridized carbons (Fsp3) is 0.636. The summed E-state index contributed by atoms with van der Waals surface area (Å²) in [6.45, 7) is 0.362. The van der Waals surface area contributed by atoms with E-state index < -0.39 is 48.2 Å². The molecular formula is C22H24F6N2O4. The van der Waals surface area contributed by atoms with E-state index in [-0.39, 0.29) is 49.0 Å². The van der Waals surface area contributed by atoms with Gasteiger partial charge in [0.2, 0.25) is 11.8 Å². The van der Waals surface area contributed by atoms with Crippen LogP contribution in [0.5, 0.6) is 0 Å². The van der Waals surface area contributed by atoms with Gasteiger partial charge in [-0.3, -0.25) is 9.59 Å². The number of hydrogen-bond donors (Lipinski definition) is 1. The summed E-state index contributed by atoms with van der Waals surface area (Å²) < 4.78 is 84.0. The smallest absolute Gasteiger partial charge is 0.391 e. The van der Waals surface area contributed by atoms with Gasteiger partial charge in [0.05, 0.1) is 29.9 Å². The molecule has 4 unspecified atom stereocenters. The molecule has 6 nitrogen and oxygen atoms in total. The van der Waals surface area contributed by atoms with E-state index in [1.807, 2.05) is 0 Å². The van der Waals surface area contributed by atoms with Crippen LogP contribution in [-0.2, 0) is 33.3 Å². The maximum Gasteiger partial charge on any atom is 0.416 e. The van der Waals surface area contributed by atoms with E-state index in [0.29, 0.717) is 37.9 Å².